The second kappa shape index (κ2) is 19.4. The van der Waals surface area contributed by atoms with Crippen molar-refractivity contribution < 1.29 is 33.2 Å². The average Bonchev–Trinajstić information content (AvgIpc) is 2.82. The highest BCUT2D eigenvalue weighted by Gasteiger charge is 2.12. The monoisotopic (exact) mass is 441 g/mol. The van der Waals surface area contributed by atoms with Gasteiger partial charge in [-0.2, -0.15) is 0 Å². The molecule has 1 saturated heterocycles. The van der Waals surface area contributed by atoms with E-state index in [0.717, 1.165) is 31.7 Å². The number of benzene rings is 1. The van der Waals surface area contributed by atoms with Crippen molar-refractivity contribution in [3.8, 4) is 5.75 Å². The van der Waals surface area contributed by atoms with E-state index in [9.17, 15) is 0 Å². The zero-order chi connectivity index (χ0) is 21.7. The summed E-state index contributed by atoms with van der Waals surface area (Å²) >= 11 is 0. The molecule has 31 heavy (non-hydrogen) atoms. The van der Waals surface area contributed by atoms with Gasteiger partial charge in [-0.05, 0) is 38.1 Å². The minimum absolute atomic E-state index is 0.384. The molecule has 0 unspecified atom stereocenters. The number of hydrogen-bond acceptors (Lipinski definition) is 8. The molecule has 8 nitrogen and oxygen atoms in total. The van der Waals surface area contributed by atoms with E-state index in [4.69, 9.17) is 33.2 Å². The third-order valence-electron chi connectivity index (χ3n) is 4.60. The van der Waals surface area contributed by atoms with E-state index in [0.29, 0.717) is 85.4 Å². The fourth-order valence-corrected chi connectivity index (χ4v) is 2.95. The van der Waals surface area contributed by atoms with Gasteiger partial charge in [0.15, 0.2) is 0 Å². The maximum Gasteiger partial charge on any atom is 0.119 e. The average molecular weight is 442 g/mol. The van der Waals surface area contributed by atoms with E-state index in [-0.39, 0.29) is 0 Å². The fraction of sp³-hybridized carbons (Fsp3) is 0.739. The lowest BCUT2D eigenvalue weighted by Crippen LogP contribution is -2.33. The summed E-state index contributed by atoms with van der Waals surface area (Å²) in [4.78, 5) is 0. The molecule has 8 heteroatoms. The van der Waals surface area contributed by atoms with Crippen molar-refractivity contribution in [2.24, 2.45) is 0 Å². The van der Waals surface area contributed by atoms with E-state index in [1.807, 2.05) is 30.3 Å². The number of nitrogens with one attached hydrogen (secondary N) is 1. The third kappa shape index (κ3) is 15.2. The Bertz CT molecular complexity index is 500. The fourth-order valence-electron chi connectivity index (χ4n) is 2.95. The van der Waals surface area contributed by atoms with Crippen LogP contribution in [0.2, 0.25) is 0 Å². The summed E-state index contributed by atoms with van der Waals surface area (Å²) in [5, 5.41) is 3.33. The van der Waals surface area contributed by atoms with Gasteiger partial charge in [0.25, 0.3) is 0 Å². The second-order valence-electron chi connectivity index (χ2n) is 7.04. The van der Waals surface area contributed by atoms with Gasteiger partial charge in [0.1, 0.15) is 12.4 Å². The van der Waals surface area contributed by atoms with Gasteiger partial charge in [-0.1, -0.05) is 18.2 Å². The predicted molar refractivity (Wildman–Crippen MR) is 118 cm³/mol. The molecule has 1 aliphatic heterocycles. The Morgan fingerprint density at radius 2 is 1.03 bits per heavy atom. The van der Waals surface area contributed by atoms with Crippen molar-refractivity contribution in [2.75, 3.05) is 92.4 Å². The zero-order valence-corrected chi connectivity index (χ0v) is 18.6. The SMILES string of the molecule is c1ccc(OCCOCCOCCOCCOCCOCCOC2CCNCC2)cc1. The Labute approximate surface area is 186 Å². The standard InChI is InChI=1S/C23H39NO7/c1-2-4-22(5-3-1)30-20-18-28-16-14-26-12-10-25-11-13-27-15-17-29-19-21-31-23-6-8-24-9-7-23/h1-5,23-24H,6-21H2. The van der Waals surface area contributed by atoms with E-state index in [1.54, 1.807) is 0 Å². The van der Waals surface area contributed by atoms with Crippen LogP contribution in [0.1, 0.15) is 12.8 Å². The molecule has 2 rings (SSSR count). The molecule has 1 N–H and O–H groups in total. The Morgan fingerprint density at radius 3 is 1.55 bits per heavy atom. The van der Waals surface area contributed by atoms with Gasteiger partial charge in [0.05, 0.1) is 78.8 Å². The van der Waals surface area contributed by atoms with E-state index in [2.05, 4.69) is 5.32 Å². The molecule has 1 aromatic carbocycles. The first kappa shape index (κ1) is 26.0. The zero-order valence-electron chi connectivity index (χ0n) is 18.6. The molecular formula is C23H39NO7. The summed E-state index contributed by atoms with van der Waals surface area (Å²) in [5.41, 5.74) is 0. The number of hydrogen-bond donors (Lipinski definition) is 1. The van der Waals surface area contributed by atoms with Gasteiger partial charge in [0, 0.05) is 0 Å². The first-order valence-electron chi connectivity index (χ1n) is 11.3. The summed E-state index contributed by atoms with van der Waals surface area (Å²) in [7, 11) is 0. The number of ether oxygens (including phenoxy) is 7. The molecule has 0 atom stereocenters. The Hall–Kier alpha value is -1.26. The van der Waals surface area contributed by atoms with Crippen LogP contribution >= 0.6 is 0 Å². The maximum absolute atomic E-state index is 5.77. The van der Waals surface area contributed by atoms with Crippen LogP contribution in [-0.4, -0.2) is 98.5 Å². The van der Waals surface area contributed by atoms with Crippen molar-refractivity contribution in [3.63, 3.8) is 0 Å². The first-order chi connectivity index (χ1) is 15.4. The smallest absolute Gasteiger partial charge is 0.119 e. The van der Waals surface area contributed by atoms with Crippen LogP contribution in [0.15, 0.2) is 30.3 Å². The largest absolute Gasteiger partial charge is 0.491 e. The number of rotatable bonds is 20. The van der Waals surface area contributed by atoms with Crippen molar-refractivity contribution in [3.05, 3.63) is 30.3 Å². The lowest BCUT2D eigenvalue weighted by Gasteiger charge is -2.22. The number of piperidine rings is 1. The molecule has 1 fully saturated rings. The van der Waals surface area contributed by atoms with Crippen LogP contribution < -0.4 is 10.1 Å². The van der Waals surface area contributed by atoms with Crippen LogP contribution in [0.4, 0.5) is 0 Å². The maximum atomic E-state index is 5.77. The van der Waals surface area contributed by atoms with Gasteiger partial charge in [0.2, 0.25) is 0 Å². The molecular weight excluding hydrogens is 402 g/mol. The molecule has 1 heterocycles. The molecule has 0 amide bonds. The summed E-state index contributed by atoms with van der Waals surface area (Å²) < 4.78 is 38.7. The van der Waals surface area contributed by atoms with Gasteiger partial charge >= 0.3 is 0 Å². The topological polar surface area (TPSA) is 76.6 Å². The van der Waals surface area contributed by atoms with Gasteiger partial charge in [-0.25, -0.2) is 0 Å². The molecule has 0 radical (unpaired) electrons. The van der Waals surface area contributed by atoms with Crippen LogP contribution in [0, 0.1) is 0 Å². The van der Waals surface area contributed by atoms with Gasteiger partial charge < -0.3 is 38.5 Å². The minimum Gasteiger partial charge on any atom is -0.491 e. The summed E-state index contributed by atoms with van der Waals surface area (Å²) in [6.45, 7) is 8.88. The highest BCUT2D eigenvalue weighted by atomic mass is 16.6. The molecule has 1 aliphatic rings. The van der Waals surface area contributed by atoms with Gasteiger partial charge in [-0.3, -0.25) is 0 Å². The van der Waals surface area contributed by atoms with Crippen molar-refractivity contribution in [1.82, 2.24) is 5.32 Å². The minimum atomic E-state index is 0.384. The molecule has 1 aromatic rings. The van der Waals surface area contributed by atoms with Crippen molar-refractivity contribution in [2.45, 2.75) is 18.9 Å². The first-order valence-corrected chi connectivity index (χ1v) is 11.3. The predicted octanol–water partition coefficient (Wildman–Crippen LogP) is 1.92. The van der Waals surface area contributed by atoms with Crippen molar-refractivity contribution in [1.29, 1.82) is 0 Å². The Kier molecular flexibility index (Phi) is 16.3. The lowest BCUT2D eigenvalue weighted by atomic mass is 10.1. The molecule has 178 valence electrons. The molecule has 0 spiro atoms. The number of para-hydroxylation sites is 1. The second-order valence-corrected chi connectivity index (χ2v) is 7.04. The molecule has 0 bridgehead atoms. The summed E-state index contributed by atoms with van der Waals surface area (Å²) in [5.74, 6) is 0.855. The van der Waals surface area contributed by atoms with Gasteiger partial charge in [-0.15, -0.1) is 0 Å². The molecule has 0 aliphatic carbocycles. The Balaban J connectivity index is 1.20. The third-order valence-corrected chi connectivity index (χ3v) is 4.60. The van der Waals surface area contributed by atoms with Crippen LogP contribution in [0.3, 0.4) is 0 Å². The van der Waals surface area contributed by atoms with Crippen molar-refractivity contribution >= 4 is 0 Å². The quantitative estimate of drug-likeness (QED) is 0.308. The van der Waals surface area contributed by atoms with E-state index in [1.165, 1.54) is 0 Å². The molecule has 0 aromatic heterocycles. The molecule has 0 saturated carbocycles. The van der Waals surface area contributed by atoms with E-state index < -0.39 is 0 Å². The Morgan fingerprint density at radius 1 is 0.581 bits per heavy atom. The van der Waals surface area contributed by atoms with E-state index >= 15 is 0 Å². The van der Waals surface area contributed by atoms with Crippen LogP contribution in [0.25, 0.3) is 0 Å². The lowest BCUT2D eigenvalue weighted by molar-refractivity contribution is -0.0299. The summed E-state index contributed by atoms with van der Waals surface area (Å²) in [6, 6.07) is 9.70. The summed E-state index contributed by atoms with van der Waals surface area (Å²) in [6.07, 6.45) is 2.56. The highest BCUT2D eigenvalue weighted by molar-refractivity contribution is 5.20. The normalized spacial score (nSPS) is 14.7. The van der Waals surface area contributed by atoms with Crippen LogP contribution in [0.5, 0.6) is 5.75 Å². The highest BCUT2D eigenvalue weighted by Crippen LogP contribution is 2.07. The van der Waals surface area contributed by atoms with Crippen LogP contribution in [-0.2, 0) is 28.4 Å².